The highest BCUT2D eigenvalue weighted by molar-refractivity contribution is 5.71. The summed E-state index contributed by atoms with van der Waals surface area (Å²) >= 11 is 0. The Bertz CT molecular complexity index is 815. The van der Waals surface area contributed by atoms with E-state index in [4.69, 9.17) is 0 Å². The van der Waals surface area contributed by atoms with E-state index >= 15 is 0 Å². The molecule has 0 N–H and O–H groups in total. The molecule has 0 amide bonds. The summed E-state index contributed by atoms with van der Waals surface area (Å²) in [4.78, 5) is 0. The lowest BCUT2D eigenvalue weighted by Gasteiger charge is -2.29. The van der Waals surface area contributed by atoms with E-state index in [9.17, 15) is 0 Å². The topological polar surface area (TPSA) is 0 Å². The first-order valence-corrected chi connectivity index (χ1v) is 13.2. The molecule has 2 aliphatic carbocycles. The summed E-state index contributed by atoms with van der Waals surface area (Å²) in [5.41, 5.74) is 7.23. The summed E-state index contributed by atoms with van der Waals surface area (Å²) in [6, 6.07) is 18.8. The Morgan fingerprint density at radius 1 is 0.677 bits per heavy atom. The summed E-state index contributed by atoms with van der Waals surface area (Å²) in [5.74, 6) is 2.68. The summed E-state index contributed by atoms with van der Waals surface area (Å²) in [6.45, 7) is 4.63. The molecule has 0 heteroatoms. The molecule has 31 heavy (non-hydrogen) atoms. The minimum Gasteiger partial charge on any atom is -0.0804 e. The van der Waals surface area contributed by atoms with Crippen molar-refractivity contribution in [2.45, 2.75) is 96.8 Å². The average molecular weight is 415 g/mol. The van der Waals surface area contributed by atoms with Crippen molar-refractivity contribution in [2.24, 2.45) is 11.8 Å². The van der Waals surface area contributed by atoms with Gasteiger partial charge in [0.1, 0.15) is 0 Å². The van der Waals surface area contributed by atoms with E-state index in [2.05, 4.69) is 68.5 Å². The monoisotopic (exact) mass is 414 g/mol. The lowest BCUT2D eigenvalue weighted by Crippen LogP contribution is -2.13. The minimum absolute atomic E-state index is 0.782. The molecular weight excluding hydrogens is 372 g/mol. The quantitative estimate of drug-likeness (QED) is 0.377. The summed E-state index contributed by atoms with van der Waals surface area (Å²) in [5, 5.41) is 0. The molecule has 166 valence electrons. The molecule has 0 aliphatic heterocycles. The van der Waals surface area contributed by atoms with Crippen LogP contribution in [0.1, 0.15) is 108 Å². The van der Waals surface area contributed by atoms with Gasteiger partial charge in [-0.25, -0.2) is 0 Å². The van der Waals surface area contributed by atoms with Gasteiger partial charge in [-0.05, 0) is 90.5 Å². The van der Waals surface area contributed by atoms with E-state index in [0.29, 0.717) is 0 Å². The van der Waals surface area contributed by atoms with Crippen LogP contribution in [-0.4, -0.2) is 0 Å². The standard InChI is InChI=1S/C31H42/c1-3-5-6-7-25-10-14-27(15-11-25)29-18-22-31(23-19-29)30-20-16-28(17-21-30)26-12-8-24(4-2)9-13-26/h12,16-25,27H,3-11,13-15H2,1-2H3. The molecule has 0 heterocycles. The number of benzene rings is 2. The van der Waals surface area contributed by atoms with E-state index in [0.717, 1.165) is 17.8 Å². The van der Waals surface area contributed by atoms with Gasteiger partial charge in [-0.15, -0.1) is 0 Å². The molecule has 1 atom stereocenters. The summed E-state index contributed by atoms with van der Waals surface area (Å²) in [6.07, 6.45) is 19.0. The van der Waals surface area contributed by atoms with Crippen LogP contribution in [0.5, 0.6) is 0 Å². The van der Waals surface area contributed by atoms with Crippen molar-refractivity contribution >= 4 is 5.57 Å². The molecule has 0 saturated heterocycles. The van der Waals surface area contributed by atoms with Crippen LogP contribution in [-0.2, 0) is 0 Å². The average Bonchev–Trinajstić information content (AvgIpc) is 2.85. The number of hydrogen-bond donors (Lipinski definition) is 0. The minimum atomic E-state index is 0.782. The number of rotatable bonds is 8. The SMILES string of the molecule is CCCCCC1CCC(c2ccc(-c3ccc(C4=CCC(CC)CC4)cc3)cc2)CC1. The molecule has 1 fully saturated rings. The van der Waals surface area contributed by atoms with Crippen molar-refractivity contribution in [1.82, 2.24) is 0 Å². The predicted molar refractivity (Wildman–Crippen MR) is 136 cm³/mol. The van der Waals surface area contributed by atoms with Gasteiger partial charge in [0.05, 0.1) is 0 Å². The van der Waals surface area contributed by atoms with Crippen molar-refractivity contribution < 1.29 is 0 Å². The van der Waals surface area contributed by atoms with Crippen LogP contribution in [0.2, 0.25) is 0 Å². The molecule has 2 aliphatic rings. The Kier molecular flexibility index (Phi) is 8.06. The number of allylic oxidation sites excluding steroid dienone is 2. The highest BCUT2D eigenvalue weighted by Crippen LogP contribution is 2.38. The van der Waals surface area contributed by atoms with Gasteiger partial charge in [-0.3, -0.25) is 0 Å². The van der Waals surface area contributed by atoms with Gasteiger partial charge in [-0.2, -0.15) is 0 Å². The third-order valence-corrected chi connectivity index (χ3v) is 8.13. The Labute approximate surface area is 191 Å². The lowest BCUT2D eigenvalue weighted by atomic mass is 9.77. The number of hydrogen-bond acceptors (Lipinski definition) is 0. The molecule has 0 aromatic heterocycles. The molecule has 0 bridgehead atoms. The predicted octanol–water partition coefficient (Wildman–Crippen LogP) is 9.80. The van der Waals surface area contributed by atoms with E-state index in [1.54, 1.807) is 11.1 Å². The van der Waals surface area contributed by atoms with E-state index in [1.165, 1.54) is 93.7 Å². The van der Waals surface area contributed by atoms with Gasteiger partial charge in [-0.1, -0.05) is 101 Å². The second-order valence-corrected chi connectivity index (χ2v) is 10.2. The summed E-state index contributed by atoms with van der Waals surface area (Å²) < 4.78 is 0. The van der Waals surface area contributed by atoms with Gasteiger partial charge in [0.25, 0.3) is 0 Å². The van der Waals surface area contributed by atoms with Crippen LogP contribution in [0.4, 0.5) is 0 Å². The second kappa shape index (κ2) is 11.2. The number of unbranched alkanes of at least 4 members (excludes halogenated alkanes) is 2. The van der Waals surface area contributed by atoms with Crippen LogP contribution < -0.4 is 0 Å². The van der Waals surface area contributed by atoms with Gasteiger partial charge in [0.15, 0.2) is 0 Å². The van der Waals surface area contributed by atoms with Crippen molar-refractivity contribution in [3.8, 4) is 11.1 Å². The third kappa shape index (κ3) is 5.91. The maximum Gasteiger partial charge on any atom is -0.0162 e. The fourth-order valence-electron chi connectivity index (χ4n) is 5.81. The fourth-order valence-corrected chi connectivity index (χ4v) is 5.81. The first-order valence-electron chi connectivity index (χ1n) is 13.2. The largest absolute Gasteiger partial charge is 0.0804 e. The Hall–Kier alpha value is -1.82. The van der Waals surface area contributed by atoms with Crippen LogP contribution in [0.15, 0.2) is 54.6 Å². The first-order chi connectivity index (χ1) is 15.3. The normalized spacial score (nSPS) is 24.1. The zero-order chi connectivity index (χ0) is 21.5. The first kappa shape index (κ1) is 22.4. The molecule has 0 radical (unpaired) electrons. The fraction of sp³-hybridized carbons (Fsp3) is 0.548. The van der Waals surface area contributed by atoms with E-state index in [-0.39, 0.29) is 0 Å². The molecular formula is C31H42. The highest BCUT2D eigenvalue weighted by Gasteiger charge is 2.22. The molecule has 2 aromatic rings. The maximum atomic E-state index is 2.49. The van der Waals surface area contributed by atoms with Gasteiger partial charge in [0.2, 0.25) is 0 Å². The van der Waals surface area contributed by atoms with Crippen molar-refractivity contribution in [3.05, 3.63) is 65.7 Å². The second-order valence-electron chi connectivity index (χ2n) is 10.2. The smallest absolute Gasteiger partial charge is 0.0162 e. The third-order valence-electron chi connectivity index (χ3n) is 8.13. The van der Waals surface area contributed by atoms with E-state index < -0.39 is 0 Å². The van der Waals surface area contributed by atoms with Crippen molar-refractivity contribution in [2.75, 3.05) is 0 Å². The van der Waals surface area contributed by atoms with Crippen LogP contribution >= 0.6 is 0 Å². The molecule has 1 saturated carbocycles. The van der Waals surface area contributed by atoms with Crippen LogP contribution in [0.25, 0.3) is 16.7 Å². The maximum absolute atomic E-state index is 2.49. The molecule has 1 unspecified atom stereocenters. The lowest BCUT2D eigenvalue weighted by molar-refractivity contribution is 0.303. The zero-order valence-corrected chi connectivity index (χ0v) is 19.9. The van der Waals surface area contributed by atoms with Crippen molar-refractivity contribution in [3.63, 3.8) is 0 Å². The Morgan fingerprint density at radius 2 is 1.32 bits per heavy atom. The van der Waals surface area contributed by atoms with E-state index in [1.807, 2.05) is 0 Å². The highest BCUT2D eigenvalue weighted by atomic mass is 14.3. The Balaban J connectivity index is 1.33. The van der Waals surface area contributed by atoms with Crippen molar-refractivity contribution in [1.29, 1.82) is 0 Å². The van der Waals surface area contributed by atoms with Crippen LogP contribution in [0, 0.1) is 11.8 Å². The van der Waals surface area contributed by atoms with Gasteiger partial charge in [0, 0.05) is 0 Å². The summed E-state index contributed by atoms with van der Waals surface area (Å²) in [7, 11) is 0. The molecule has 2 aromatic carbocycles. The van der Waals surface area contributed by atoms with Gasteiger partial charge >= 0.3 is 0 Å². The molecule has 0 spiro atoms. The molecule has 4 rings (SSSR count). The zero-order valence-electron chi connectivity index (χ0n) is 19.9. The Morgan fingerprint density at radius 3 is 1.90 bits per heavy atom. The molecule has 0 nitrogen and oxygen atoms in total. The van der Waals surface area contributed by atoms with Gasteiger partial charge < -0.3 is 0 Å². The van der Waals surface area contributed by atoms with Crippen LogP contribution in [0.3, 0.4) is 0 Å².